The van der Waals surface area contributed by atoms with Gasteiger partial charge in [0.1, 0.15) is 16.2 Å². The molecule has 4 rings (SSSR count). The lowest BCUT2D eigenvalue weighted by Crippen LogP contribution is -2.41. The highest BCUT2D eigenvalue weighted by atomic mass is 32.2. The number of nitrogens with one attached hydrogen (secondary N) is 1. The zero-order valence-electron chi connectivity index (χ0n) is 18.7. The Labute approximate surface area is 202 Å². The van der Waals surface area contributed by atoms with Crippen LogP contribution in [0.3, 0.4) is 0 Å². The average Bonchev–Trinajstić information content (AvgIpc) is 3.22. The highest BCUT2D eigenvalue weighted by Crippen LogP contribution is 2.33. The maximum atomic E-state index is 13.1. The molecule has 9 nitrogen and oxygen atoms in total. The number of carbonyl (C=O) groups excluding carboxylic acids is 1. The van der Waals surface area contributed by atoms with Gasteiger partial charge in [0.25, 0.3) is 0 Å². The summed E-state index contributed by atoms with van der Waals surface area (Å²) >= 11 is 1.35. The van der Waals surface area contributed by atoms with Crippen molar-refractivity contribution in [2.45, 2.75) is 29.6 Å². The quantitative estimate of drug-likeness (QED) is 0.505. The fourth-order valence-corrected chi connectivity index (χ4v) is 7.88. The van der Waals surface area contributed by atoms with Gasteiger partial charge in [-0.3, -0.25) is 4.79 Å². The molecule has 1 aliphatic heterocycles. The largest absolute Gasteiger partial charge is 0.492 e. The Hall–Kier alpha value is -2.54. The number of aromatic nitrogens is 1. The number of carbonyl (C=O) groups is 1. The van der Waals surface area contributed by atoms with E-state index < -0.39 is 19.9 Å². The molecule has 1 aliphatic rings. The standard InChI is InChI=1S/C22H25N3O6S3/c1-3-31-16-7-6-8-17-20(16)23-22(32-17)24-21(26)15-11-13-25(14-12-15)34(29,30)19-10-5-4-9-18(19)33(2,27)28/h4-10,15H,3,11-14H2,1-2H3,(H,23,24,26). The van der Waals surface area contributed by atoms with Gasteiger partial charge < -0.3 is 10.1 Å². The van der Waals surface area contributed by atoms with Gasteiger partial charge in [-0.05, 0) is 44.0 Å². The second kappa shape index (κ2) is 9.61. The smallest absolute Gasteiger partial charge is 0.244 e. The van der Waals surface area contributed by atoms with Crippen LogP contribution in [0, 0.1) is 5.92 Å². The third-order valence-corrected chi connectivity index (χ3v) is 9.78. The Morgan fingerprint density at radius 2 is 1.76 bits per heavy atom. The van der Waals surface area contributed by atoms with Gasteiger partial charge in [0.2, 0.25) is 15.9 Å². The van der Waals surface area contributed by atoms with Crippen LogP contribution >= 0.6 is 11.3 Å². The van der Waals surface area contributed by atoms with Crippen molar-refractivity contribution in [3.05, 3.63) is 42.5 Å². The molecule has 1 N–H and O–H groups in total. The molecule has 182 valence electrons. The van der Waals surface area contributed by atoms with Crippen molar-refractivity contribution in [2.24, 2.45) is 5.92 Å². The van der Waals surface area contributed by atoms with Crippen LogP contribution in [-0.4, -0.2) is 58.0 Å². The lowest BCUT2D eigenvalue weighted by Gasteiger charge is -2.30. The number of thiazole rings is 1. The van der Waals surface area contributed by atoms with Crippen molar-refractivity contribution in [1.29, 1.82) is 0 Å². The molecule has 1 aromatic heterocycles. The van der Waals surface area contributed by atoms with E-state index in [9.17, 15) is 21.6 Å². The molecule has 12 heteroatoms. The van der Waals surface area contributed by atoms with Gasteiger partial charge in [0, 0.05) is 25.3 Å². The van der Waals surface area contributed by atoms with Crippen LogP contribution in [0.4, 0.5) is 5.13 Å². The second-order valence-electron chi connectivity index (χ2n) is 7.94. The minimum Gasteiger partial charge on any atom is -0.492 e. The first-order valence-corrected chi connectivity index (χ1v) is 14.9. The molecule has 1 fully saturated rings. The first-order valence-electron chi connectivity index (χ1n) is 10.7. The minimum atomic E-state index is -4.01. The zero-order valence-corrected chi connectivity index (χ0v) is 21.2. The summed E-state index contributed by atoms with van der Waals surface area (Å²) in [7, 11) is -7.73. The summed E-state index contributed by atoms with van der Waals surface area (Å²) in [5.74, 6) is 0.0604. The van der Waals surface area contributed by atoms with Gasteiger partial charge in [-0.25, -0.2) is 21.8 Å². The molecule has 0 spiro atoms. The molecule has 0 saturated carbocycles. The van der Waals surface area contributed by atoms with E-state index in [4.69, 9.17) is 4.74 Å². The second-order valence-corrected chi connectivity index (χ2v) is 12.9. The summed E-state index contributed by atoms with van der Waals surface area (Å²) < 4.78 is 58.2. The molecule has 1 amide bonds. The molecular formula is C22H25N3O6S3. The van der Waals surface area contributed by atoms with E-state index in [0.717, 1.165) is 11.0 Å². The van der Waals surface area contributed by atoms with Gasteiger partial charge in [0.15, 0.2) is 15.0 Å². The number of para-hydroxylation sites is 1. The molecule has 0 unspecified atom stereocenters. The van der Waals surface area contributed by atoms with Crippen molar-refractivity contribution >= 4 is 52.5 Å². The number of sulfonamides is 1. The monoisotopic (exact) mass is 523 g/mol. The normalized spacial score (nSPS) is 15.9. The number of benzene rings is 2. The van der Waals surface area contributed by atoms with Crippen LogP contribution in [0.2, 0.25) is 0 Å². The van der Waals surface area contributed by atoms with E-state index in [2.05, 4.69) is 10.3 Å². The molecule has 0 atom stereocenters. The number of nitrogens with zero attached hydrogens (tertiary/aromatic N) is 2. The number of sulfone groups is 1. The summed E-state index contributed by atoms with van der Waals surface area (Å²) in [6, 6.07) is 11.2. The van der Waals surface area contributed by atoms with Crippen LogP contribution < -0.4 is 10.1 Å². The molecule has 3 aromatic rings. The molecule has 0 bridgehead atoms. The highest BCUT2D eigenvalue weighted by molar-refractivity contribution is 7.93. The van der Waals surface area contributed by atoms with Crippen LogP contribution in [0.1, 0.15) is 19.8 Å². The summed E-state index contributed by atoms with van der Waals surface area (Å²) in [4.78, 5) is 16.9. The SMILES string of the molecule is CCOc1cccc2sc(NC(=O)C3CCN(S(=O)(=O)c4ccccc4S(C)(=O)=O)CC3)nc12. The molecular weight excluding hydrogens is 498 g/mol. The number of fused-ring (bicyclic) bond motifs is 1. The van der Waals surface area contributed by atoms with Crippen LogP contribution in [0.25, 0.3) is 10.2 Å². The number of hydrogen-bond donors (Lipinski definition) is 1. The fraction of sp³-hybridized carbons (Fsp3) is 0.364. The number of hydrogen-bond acceptors (Lipinski definition) is 8. The van der Waals surface area contributed by atoms with Crippen molar-refractivity contribution in [2.75, 3.05) is 31.3 Å². The van der Waals surface area contributed by atoms with Gasteiger partial charge in [-0.15, -0.1) is 0 Å². The van der Waals surface area contributed by atoms with Crippen molar-refractivity contribution in [1.82, 2.24) is 9.29 Å². The van der Waals surface area contributed by atoms with Crippen molar-refractivity contribution < 1.29 is 26.4 Å². The molecule has 34 heavy (non-hydrogen) atoms. The number of rotatable bonds is 7. The van der Waals surface area contributed by atoms with Gasteiger partial charge in [-0.2, -0.15) is 4.31 Å². The Morgan fingerprint density at radius 3 is 2.41 bits per heavy atom. The van der Waals surface area contributed by atoms with E-state index in [1.807, 2.05) is 25.1 Å². The number of amides is 1. The Balaban J connectivity index is 1.45. The zero-order chi connectivity index (χ0) is 24.5. The maximum absolute atomic E-state index is 13.1. The van der Waals surface area contributed by atoms with Gasteiger partial charge in [0.05, 0.1) is 16.2 Å². The minimum absolute atomic E-state index is 0.118. The van der Waals surface area contributed by atoms with Crippen LogP contribution in [-0.2, 0) is 24.7 Å². The van der Waals surface area contributed by atoms with E-state index in [1.54, 1.807) is 0 Å². The number of piperidine rings is 1. The van der Waals surface area contributed by atoms with Crippen LogP contribution in [0.15, 0.2) is 52.3 Å². The average molecular weight is 524 g/mol. The first kappa shape index (κ1) is 24.6. The van der Waals surface area contributed by atoms with Gasteiger partial charge >= 0.3 is 0 Å². The Morgan fingerprint density at radius 1 is 1.09 bits per heavy atom. The highest BCUT2D eigenvalue weighted by Gasteiger charge is 2.34. The van der Waals surface area contributed by atoms with Crippen molar-refractivity contribution in [3.8, 4) is 5.75 Å². The number of ether oxygens (including phenoxy) is 1. The summed E-state index contributed by atoms with van der Waals surface area (Å²) in [5, 5.41) is 3.31. The lowest BCUT2D eigenvalue weighted by atomic mass is 9.97. The predicted molar refractivity (Wildman–Crippen MR) is 130 cm³/mol. The molecule has 2 aromatic carbocycles. The summed E-state index contributed by atoms with van der Waals surface area (Å²) in [5.41, 5.74) is 0.690. The van der Waals surface area contributed by atoms with Gasteiger partial charge in [-0.1, -0.05) is 29.5 Å². The van der Waals surface area contributed by atoms with E-state index >= 15 is 0 Å². The molecule has 0 radical (unpaired) electrons. The lowest BCUT2D eigenvalue weighted by molar-refractivity contribution is -0.120. The third kappa shape index (κ3) is 4.95. The molecule has 1 saturated heterocycles. The van der Waals surface area contributed by atoms with E-state index in [1.165, 1.54) is 39.9 Å². The van der Waals surface area contributed by atoms with Crippen molar-refractivity contribution in [3.63, 3.8) is 0 Å². The predicted octanol–water partition coefficient (Wildman–Crippen LogP) is 3.14. The fourth-order valence-electron chi connectivity index (χ4n) is 3.92. The Bertz CT molecular complexity index is 1430. The maximum Gasteiger partial charge on any atom is 0.244 e. The van der Waals surface area contributed by atoms with E-state index in [-0.39, 0.29) is 34.7 Å². The number of anilines is 1. The van der Waals surface area contributed by atoms with Crippen LogP contribution in [0.5, 0.6) is 5.75 Å². The first-order chi connectivity index (χ1) is 16.1. The topological polar surface area (TPSA) is 123 Å². The Kier molecular flexibility index (Phi) is 6.94. The molecule has 2 heterocycles. The summed E-state index contributed by atoms with van der Waals surface area (Å²) in [6.07, 6.45) is 1.62. The molecule has 0 aliphatic carbocycles. The third-order valence-electron chi connectivity index (χ3n) is 5.60. The van der Waals surface area contributed by atoms with E-state index in [0.29, 0.717) is 35.8 Å². The summed E-state index contributed by atoms with van der Waals surface area (Å²) in [6.45, 7) is 2.63.